The molecule has 21 heavy (non-hydrogen) atoms. The van der Waals surface area contributed by atoms with Crippen molar-refractivity contribution in [2.24, 2.45) is 5.73 Å². The van der Waals surface area contributed by atoms with E-state index in [9.17, 15) is 19.2 Å². The molecule has 1 aliphatic heterocycles. The van der Waals surface area contributed by atoms with Gasteiger partial charge in [0.15, 0.2) is 0 Å². The summed E-state index contributed by atoms with van der Waals surface area (Å²) in [5.41, 5.74) is 5.71. The van der Waals surface area contributed by atoms with E-state index < -0.39 is 29.7 Å². The van der Waals surface area contributed by atoms with Crippen LogP contribution in [0, 0.1) is 0 Å². The Morgan fingerprint density at radius 3 is 2.33 bits per heavy atom. The summed E-state index contributed by atoms with van der Waals surface area (Å²) in [5, 5.41) is 2.21. The maximum atomic E-state index is 12.4. The molecule has 0 saturated carbocycles. The zero-order valence-corrected chi connectivity index (χ0v) is 11.5. The van der Waals surface area contributed by atoms with Gasteiger partial charge in [0.25, 0.3) is 5.91 Å². The molecule has 2 rings (SSSR count). The van der Waals surface area contributed by atoms with Gasteiger partial charge in [0.2, 0.25) is 17.7 Å². The number of imide groups is 1. The van der Waals surface area contributed by atoms with Crippen molar-refractivity contribution in [3.63, 3.8) is 0 Å². The Bertz CT molecular complexity index is 609. The standard InChI is InChI=1S/C14H15N3O4/c1-2-10-13(20)16-11(18)7-17(10)14(21)9-5-3-8(4-6-9)12(15)19/h3-6,10H,2,7H2,1H3,(H2,15,19)(H,16,18,20). The van der Waals surface area contributed by atoms with Gasteiger partial charge in [0.1, 0.15) is 12.6 Å². The van der Waals surface area contributed by atoms with Gasteiger partial charge < -0.3 is 10.6 Å². The summed E-state index contributed by atoms with van der Waals surface area (Å²) in [6, 6.07) is 5.09. The SMILES string of the molecule is CCC1C(=O)NC(=O)CN1C(=O)c1ccc(C(N)=O)cc1. The van der Waals surface area contributed by atoms with Crippen LogP contribution in [0.2, 0.25) is 0 Å². The normalized spacial score (nSPS) is 18.3. The molecule has 1 unspecified atom stereocenters. The molecule has 7 nitrogen and oxygen atoms in total. The Balaban J connectivity index is 2.26. The summed E-state index contributed by atoms with van der Waals surface area (Å²) in [6.07, 6.45) is 0.407. The number of rotatable bonds is 3. The van der Waals surface area contributed by atoms with Crippen LogP contribution in [0.5, 0.6) is 0 Å². The Hall–Kier alpha value is -2.70. The van der Waals surface area contributed by atoms with Crippen LogP contribution < -0.4 is 11.1 Å². The number of carbonyl (C=O) groups is 4. The fourth-order valence-electron chi connectivity index (χ4n) is 2.23. The first kappa shape index (κ1) is 14.7. The van der Waals surface area contributed by atoms with Gasteiger partial charge in [-0.3, -0.25) is 24.5 Å². The Morgan fingerprint density at radius 1 is 1.24 bits per heavy atom. The van der Waals surface area contributed by atoms with Gasteiger partial charge in [-0.05, 0) is 30.7 Å². The van der Waals surface area contributed by atoms with E-state index in [1.807, 2.05) is 0 Å². The number of nitrogens with one attached hydrogen (secondary N) is 1. The van der Waals surface area contributed by atoms with Crippen molar-refractivity contribution in [2.75, 3.05) is 6.54 Å². The Labute approximate surface area is 121 Å². The number of hydrogen-bond acceptors (Lipinski definition) is 4. The largest absolute Gasteiger partial charge is 0.366 e. The number of nitrogens with two attached hydrogens (primary N) is 1. The van der Waals surface area contributed by atoms with E-state index in [1.165, 1.54) is 29.2 Å². The van der Waals surface area contributed by atoms with Gasteiger partial charge in [-0.25, -0.2) is 0 Å². The third kappa shape index (κ3) is 2.91. The molecule has 0 radical (unpaired) electrons. The first-order chi connectivity index (χ1) is 9.93. The lowest BCUT2D eigenvalue weighted by molar-refractivity contribution is -0.138. The number of benzene rings is 1. The molecule has 1 atom stereocenters. The molecule has 0 aliphatic carbocycles. The average Bonchev–Trinajstić information content (AvgIpc) is 2.46. The highest BCUT2D eigenvalue weighted by Crippen LogP contribution is 2.14. The summed E-state index contributed by atoms with van der Waals surface area (Å²) in [4.78, 5) is 47.8. The number of hydrogen-bond donors (Lipinski definition) is 2. The summed E-state index contributed by atoms with van der Waals surface area (Å²) < 4.78 is 0. The molecule has 110 valence electrons. The number of amides is 4. The minimum atomic E-state index is -0.675. The Kier molecular flexibility index (Phi) is 4.02. The summed E-state index contributed by atoms with van der Waals surface area (Å²) in [5.74, 6) is -2.00. The molecule has 1 aliphatic rings. The molecule has 3 N–H and O–H groups in total. The monoisotopic (exact) mass is 289 g/mol. The van der Waals surface area contributed by atoms with E-state index in [0.717, 1.165) is 0 Å². The minimum absolute atomic E-state index is 0.166. The van der Waals surface area contributed by atoms with Gasteiger partial charge in [0.05, 0.1) is 0 Å². The Morgan fingerprint density at radius 2 is 1.81 bits per heavy atom. The zero-order chi connectivity index (χ0) is 15.6. The molecule has 0 spiro atoms. The van der Waals surface area contributed by atoms with Crippen LogP contribution in [0.3, 0.4) is 0 Å². The molecule has 1 saturated heterocycles. The minimum Gasteiger partial charge on any atom is -0.366 e. The highest BCUT2D eigenvalue weighted by molar-refractivity contribution is 6.07. The molecule has 1 aromatic rings. The highest BCUT2D eigenvalue weighted by atomic mass is 16.2. The summed E-state index contributed by atoms with van der Waals surface area (Å²) in [6.45, 7) is 1.59. The quantitative estimate of drug-likeness (QED) is 0.742. The predicted molar refractivity (Wildman–Crippen MR) is 73.2 cm³/mol. The van der Waals surface area contributed by atoms with E-state index in [1.54, 1.807) is 6.92 Å². The molecule has 0 bridgehead atoms. The summed E-state index contributed by atoms with van der Waals surface area (Å²) in [7, 11) is 0. The van der Waals surface area contributed by atoms with Crippen LogP contribution in [0.1, 0.15) is 34.1 Å². The lowest BCUT2D eigenvalue weighted by Gasteiger charge is -2.33. The predicted octanol–water partition coefficient (Wildman–Crippen LogP) is -0.337. The third-order valence-electron chi connectivity index (χ3n) is 3.32. The summed E-state index contributed by atoms with van der Waals surface area (Å²) >= 11 is 0. The van der Waals surface area contributed by atoms with Crippen molar-refractivity contribution in [3.05, 3.63) is 35.4 Å². The first-order valence-corrected chi connectivity index (χ1v) is 6.48. The fraction of sp³-hybridized carbons (Fsp3) is 0.286. The molecule has 4 amide bonds. The van der Waals surface area contributed by atoms with Gasteiger partial charge in [0, 0.05) is 11.1 Å². The molecular weight excluding hydrogens is 274 g/mol. The van der Waals surface area contributed by atoms with Crippen molar-refractivity contribution < 1.29 is 19.2 Å². The lowest BCUT2D eigenvalue weighted by Crippen LogP contribution is -2.59. The number of nitrogens with zero attached hydrogens (tertiary/aromatic N) is 1. The number of piperazine rings is 1. The second-order valence-electron chi connectivity index (χ2n) is 4.71. The van der Waals surface area contributed by atoms with E-state index in [4.69, 9.17) is 5.73 Å². The fourth-order valence-corrected chi connectivity index (χ4v) is 2.23. The topological polar surface area (TPSA) is 110 Å². The number of primary amides is 1. The molecular formula is C14H15N3O4. The van der Waals surface area contributed by atoms with Gasteiger partial charge in [-0.15, -0.1) is 0 Å². The van der Waals surface area contributed by atoms with E-state index in [-0.39, 0.29) is 12.1 Å². The van der Waals surface area contributed by atoms with Crippen LogP contribution in [-0.2, 0) is 9.59 Å². The maximum absolute atomic E-state index is 12.4. The molecule has 1 fully saturated rings. The molecule has 1 heterocycles. The van der Waals surface area contributed by atoms with E-state index in [2.05, 4.69) is 5.32 Å². The van der Waals surface area contributed by atoms with Gasteiger partial charge >= 0.3 is 0 Å². The number of carbonyl (C=O) groups excluding carboxylic acids is 4. The lowest BCUT2D eigenvalue weighted by atomic mass is 10.1. The van der Waals surface area contributed by atoms with Crippen LogP contribution in [-0.4, -0.2) is 41.1 Å². The zero-order valence-electron chi connectivity index (χ0n) is 11.5. The van der Waals surface area contributed by atoms with E-state index >= 15 is 0 Å². The molecule has 7 heteroatoms. The van der Waals surface area contributed by atoms with E-state index in [0.29, 0.717) is 12.0 Å². The molecule has 1 aromatic carbocycles. The second-order valence-corrected chi connectivity index (χ2v) is 4.71. The van der Waals surface area contributed by atoms with Crippen molar-refractivity contribution >= 4 is 23.6 Å². The van der Waals surface area contributed by atoms with Crippen molar-refractivity contribution in [1.82, 2.24) is 10.2 Å². The third-order valence-corrected chi connectivity index (χ3v) is 3.32. The van der Waals surface area contributed by atoms with Crippen LogP contribution in [0.15, 0.2) is 24.3 Å². The van der Waals surface area contributed by atoms with Crippen LogP contribution >= 0.6 is 0 Å². The van der Waals surface area contributed by atoms with Gasteiger partial charge in [-0.1, -0.05) is 6.92 Å². The average molecular weight is 289 g/mol. The maximum Gasteiger partial charge on any atom is 0.255 e. The van der Waals surface area contributed by atoms with Crippen molar-refractivity contribution in [1.29, 1.82) is 0 Å². The van der Waals surface area contributed by atoms with Crippen LogP contribution in [0.4, 0.5) is 0 Å². The highest BCUT2D eigenvalue weighted by Gasteiger charge is 2.35. The van der Waals surface area contributed by atoms with Crippen LogP contribution in [0.25, 0.3) is 0 Å². The first-order valence-electron chi connectivity index (χ1n) is 6.48. The smallest absolute Gasteiger partial charge is 0.255 e. The molecule has 0 aromatic heterocycles. The van der Waals surface area contributed by atoms with Crippen molar-refractivity contribution in [3.8, 4) is 0 Å². The second kappa shape index (κ2) is 5.74. The van der Waals surface area contributed by atoms with Gasteiger partial charge in [-0.2, -0.15) is 0 Å². The van der Waals surface area contributed by atoms with Crippen molar-refractivity contribution in [2.45, 2.75) is 19.4 Å².